The quantitative estimate of drug-likeness (QED) is 0.0188. The van der Waals surface area contributed by atoms with Crippen molar-refractivity contribution in [2.75, 3.05) is 18.8 Å². The number of carboxylic acid groups (broad SMARTS) is 4. The summed E-state index contributed by atoms with van der Waals surface area (Å²) >= 11 is 3.91. The summed E-state index contributed by atoms with van der Waals surface area (Å²) in [4.78, 5) is 148. The monoisotopic (exact) mass is 1040 g/mol. The number of carbonyl (C=O) groups is 12. The molecule has 0 saturated heterocycles. The molecule has 0 aliphatic rings. The second kappa shape index (κ2) is 34.0. The molecule has 73 heavy (non-hydrogen) atoms. The predicted octanol–water partition coefficient (Wildman–Crippen LogP) is 0.488. The molecule has 6 amide bonds. The number of amides is 6. The molecule has 25 heteroatoms. The first-order valence-electron chi connectivity index (χ1n) is 23.4. The van der Waals surface area contributed by atoms with Crippen LogP contribution in [0.5, 0.6) is 0 Å². The van der Waals surface area contributed by atoms with E-state index in [4.69, 9.17) is 10.8 Å². The number of carboxylic acids is 4. The van der Waals surface area contributed by atoms with Crippen molar-refractivity contribution in [1.29, 1.82) is 0 Å². The summed E-state index contributed by atoms with van der Waals surface area (Å²) < 4.78 is 4.61. The Bertz CT molecular complexity index is 2190. The van der Waals surface area contributed by atoms with Gasteiger partial charge in [0.25, 0.3) is 6.47 Å². The molecule has 7 atom stereocenters. The van der Waals surface area contributed by atoms with Crippen LogP contribution in [0.4, 0.5) is 4.79 Å². The fourth-order valence-corrected chi connectivity index (χ4v) is 7.40. The fraction of sp³-hybridized carbons (Fsp3) is 0.500. The highest BCUT2D eigenvalue weighted by Crippen LogP contribution is 2.17. The number of ether oxygens (including phenoxy) is 1. The van der Waals surface area contributed by atoms with Gasteiger partial charge < -0.3 is 62.8 Å². The zero-order chi connectivity index (χ0) is 54.3. The van der Waals surface area contributed by atoms with Crippen LogP contribution in [0.15, 0.2) is 60.7 Å². The van der Waals surface area contributed by atoms with Gasteiger partial charge in [0.1, 0.15) is 12.1 Å². The van der Waals surface area contributed by atoms with E-state index < -0.39 is 133 Å². The van der Waals surface area contributed by atoms with E-state index in [1.165, 1.54) is 0 Å². The van der Waals surface area contributed by atoms with Gasteiger partial charge in [0.05, 0.1) is 30.8 Å². The molecule has 0 bridgehead atoms. The third-order valence-corrected chi connectivity index (χ3v) is 11.6. The first-order chi connectivity index (χ1) is 34.7. The zero-order valence-corrected chi connectivity index (χ0v) is 40.9. The van der Waals surface area contributed by atoms with Crippen LogP contribution >= 0.6 is 12.6 Å². The Morgan fingerprint density at radius 1 is 0.575 bits per heavy atom. The van der Waals surface area contributed by atoms with Crippen molar-refractivity contribution in [2.24, 2.45) is 17.6 Å². The topological polar surface area (TPSA) is 393 Å². The Kier molecular flexibility index (Phi) is 28.8. The number of nitrogens with one attached hydrogen (secondary N) is 6. The van der Waals surface area contributed by atoms with E-state index in [2.05, 4.69) is 49.3 Å². The molecule has 0 aromatic heterocycles. The number of benzene rings is 2. The molecule has 24 nitrogen and oxygen atoms in total. The van der Waals surface area contributed by atoms with Crippen molar-refractivity contribution in [3.05, 3.63) is 71.8 Å². The lowest BCUT2D eigenvalue weighted by Crippen LogP contribution is -2.53. The molecule has 0 aliphatic carbocycles. The molecule has 0 aliphatic heterocycles. The van der Waals surface area contributed by atoms with Gasteiger partial charge in [0.2, 0.25) is 23.6 Å². The van der Waals surface area contributed by atoms with Gasteiger partial charge in [-0.2, -0.15) is 12.6 Å². The molecule has 0 fully saturated rings. The van der Waals surface area contributed by atoms with Gasteiger partial charge in [-0.3, -0.25) is 47.9 Å². The Morgan fingerprint density at radius 3 is 1.75 bits per heavy atom. The lowest BCUT2D eigenvalue weighted by atomic mass is 9.89. The van der Waals surface area contributed by atoms with Crippen LogP contribution in [0.1, 0.15) is 88.2 Å². The van der Waals surface area contributed by atoms with Gasteiger partial charge >= 0.3 is 29.9 Å². The van der Waals surface area contributed by atoms with Crippen LogP contribution in [0.25, 0.3) is 0 Å². The highest BCUT2D eigenvalue weighted by Gasteiger charge is 2.32. The number of carbonyl (C=O) groups excluding carboxylic acids is 8. The van der Waals surface area contributed by atoms with Gasteiger partial charge in [-0.1, -0.05) is 73.5 Å². The third kappa shape index (κ3) is 26.0. The van der Waals surface area contributed by atoms with Crippen LogP contribution in [0.2, 0.25) is 0 Å². The maximum absolute atomic E-state index is 14.1. The van der Waals surface area contributed by atoms with Crippen molar-refractivity contribution < 1.29 is 82.7 Å². The highest BCUT2D eigenvalue weighted by molar-refractivity contribution is 7.80. The van der Waals surface area contributed by atoms with Crippen LogP contribution in [-0.4, -0.2) is 141 Å². The average Bonchev–Trinajstić information content (AvgIpc) is 3.34. The lowest BCUT2D eigenvalue weighted by Gasteiger charge is -2.23. The van der Waals surface area contributed by atoms with Gasteiger partial charge in [-0.15, -0.1) is 0 Å². The summed E-state index contributed by atoms with van der Waals surface area (Å²) in [5.41, 5.74) is 7.48. The normalized spacial score (nSPS) is 13.7. The summed E-state index contributed by atoms with van der Waals surface area (Å²) in [6.45, 7) is -0.254. The average molecular weight is 1040 g/mol. The summed E-state index contributed by atoms with van der Waals surface area (Å²) in [7, 11) is 0. The molecule has 0 spiro atoms. The van der Waals surface area contributed by atoms with E-state index in [0.717, 1.165) is 5.56 Å². The molecular weight excluding hydrogens is 979 g/mol. The number of urea groups is 1. The largest absolute Gasteiger partial charge is 0.481 e. The first-order valence-corrected chi connectivity index (χ1v) is 24.0. The predicted molar refractivity (Wildman–Crippen MR) is 261 cm³/mol. The number of aliphatic carboxylic acids is 4. The minimum absolute atomic E-state index is 0.000102. The van der Waals surface area contributed by atoms with Crippen molar-refractivity contribution in [3.63, 3.8) is 0 Å². The number of thiol groups is 1. The molecule has 2 rings (SSSR count). The Hall–Kier alpha value is -7.41. The van der Waals surface area contributed by atoms with E-state index in [0.29, 0.717) is 31.2 Å². The van der Waals surface area contributed by atoms with E-state index in [9.17, 15) is 72.9 Å². The second-order valence-corrected chi connectivity index (χ2v) is 17.3. The minimum atomic E-state index is -1.61. The maximum atomic E-state index is 14.1. The molecule has 12 N–H and O–H groups in total. The Labute approximate surface area is 426 Å². The summed E-state index contributed by atoms with van der Waals surface area (Å²) in [5, 5.41) is 51.5. The minimum Gasteiger partial charge on any atom is -0.481 e. The summed E-state index contributed by atoms with van der Waals surface area (Å²) in [5.74, 6) is -11.8. The second-order valence-electron chi connectivity index (χ2n) is 17.0. The van der Waals surface area contributed by atoms with Gasteiger partial charge in [-0.05, 0) is 43.2 Å². The SMILES string of the molecule is N[C@@H](CNC(=O)C(CC(=O)C(Cc1ccccc1)NC(=O)CCCCCCNC(=O)CC[C@H](NC(=O)N[C@@H](CCC(=O)O)OC=O)C(=O)O)Cc1ccccc1)C(=O)N[C@@H](CC(=O)O)C(=O)C[C@H](CS)C(=O)O. The third-order valence-electron chi connectivity index (χ3n) is 11.1. The fourth-order valence-electron chi connectivity index (χ4n) is 7.12. The van der Waals surface area contributed by atoms with Crippen LogP contribution in [0, 0.1) is 11.8 Å². The maximum Gasteiger partial charge on any atom is 0.326 e. The van der Waals surface area contributed by atoms with Crippen LogP contribution in [-0.2, 0) is 70.3 Å². The molecule has 2 aromatic carbocycles. The summed E-state index contributed by atoms with van der Waals surface area (Å²) in [6.07, 6.45) is -2.06. The van der Waals surface area contributed by atoms with E-state index in [-0.39, 0.29) is 63.7 Å². The van der Waals surface area contributed by atoms with Crippen molar-refractivity contribution in [2.45, 2.75) is 120 Å². The van der Waals surface area contributed by atoms with Gasteiger partial charge in [-0.25, -0.2) is 9.59 Å². The van der Waals surface area contributed by atoms with Gasteiger partial charge in [0, 0.05) is 56.9 Å². The Morgan fingerprint density at radius 2 is 1.18 bits per heavy atom. The Balaban J connectivity index is 1.98. The van der Waals surface area contributed by atoms with Crippen molar-refractivity contribution in [3.8, 4) is 0 Å². The number of hydrogen-bond donors (Lipinski definition) is 12. The lowest BCUT2D eigenvalue weighted by molar-refractivity contribution is -0.144. The standard InChI is InChI=1S/C48H65N7O17S/c49-33(45(66)53-36(25-43(63)64)38(58)24-32(27-73)46(67)68)26-51-44(65)31(21-29-11-5-3-6-12-29)23-37(57)35(22-30-13-7-4-8-14-30)52-40(60)15-9-1-2-10-20-50-39(59)17-16-34(47(69)70)54-48(71)55-41(72-28-56)18-19-42(61)62/h3-8,11-14,28,31-36,41,73H,1-2,9-10,15-27,49H2,(H,50,59)(H,51,65)(H,52,60)(H,53,66)(H,61,62)(H,63,64)(H,67,68)(H,69,70)(H2,54,55,71)/t31?,32-,33+,34+,35?,36+,41-/m1/s1. The number of unbranched alkanes of at least 4 members (excludes halogenated alkanes) is 3. The van der Waals surface area contributed by atoms with E-state index in [1.54, 1.807) is 60.7 Å². The zero-order valence-electron chi connectivity index (χ0n) is 40.0. The molecule has 400 valence electrons. The van der Waals surface area contributed by atoms with Crippen molar-refractivity contribution >= 4 is 84.2 Å². The van der Waals surface area contributed by atoms with Crippen LogP contribution < -0.4 is 37.6 Å². The number of hydrogen-bond acceptors (Lipinski definition) is 15. The smallest absolute Gasteiger partial charge is 0.326 e. The molecule has 2 aromatic rings. The summed E-state index contributed by atoms with van der Waals surface area (Å²) in [6, 6.07) is 11.0. The van der Waals surface area contributed by atoms with E-state index >= 15 is 0 Å². The first kappa shape index (κ1) is 61.7. The number of nitrogens with two attached hydrogens (primary N) is 1. The highest BCUT2D eigenvalue weighted by atomic mass is 32.1. The molecular formula is C48H65N7O17S. The van der Waals surface area contributed by atoms with Crippen molar-refractivity contribution in [1.82, 2.24) is 31.9 Å². The molecule has 0 radical (unpaired) electrons. The molecule has 0 heterocycles. The number of ketones is 2. The number of Topliss-reactive ketones (excluding diaryl/α,β-unsaturated/α-hetero) is 2. The number of rotatable bonds is 38. The van der Waals surface area contributed by atoms with Crippen LogP contribution in [0.3, 0.4) is 0 Å². The van der Waals surface area contributed by atoms with Gasteiger partial charge in [0.15, 0.2) is 17.8 Å². The molecule has 2 unspecified atom stereocenters. The molecule has 0 saturated carbocycles. The van der Waals surface area contributed by atoms with E-state index in [1.807, 2.05) is 0 Å².